The summed E-state index contributed by atoms with van der Waals surface area (Å²) < 4.78 is 27.8. The zero-order chi connectivity index (χ0) is 23.2. The van der Waals surface area contributed by atoms with Crippen LogP contribution in [0.3, 0.4) is 0 Å². The lowest BCUT2D eigenvalue weighted by molar-refractivity contribution is 0.360. The molecule has 1 saturated heterocycles. The number of benzene rings is 2. The first-order valence-corrected chi connectivity index (χ1v) is 12.7. The number of nitrogens with one attached hydrogen (secondary N) is 2. The monoisotopic (exact) mass is 460 g/mol. The zero-order valence-corrected chi connectivity index (χ0v) is 20.0. The lowest BCUT2D eigenvalue weighted by Gasteiger charge is -2.26. The van der Waals surface area contributed by atoms with Crippen LogP contribution in [0, 0.1) is 20.8 Å². The van der Waals surface area contributed by atoms with Crippen molar-refractivity contribution in [1.82, 2.24) is 19.6 Å². The number of aromatic amines is 1. The van der Waals surface area contributed by atoms with E-state index in [2.05, 4.69) is 52.5 Å². The van der Waals surface area contributed by atoms with Gasteiger partial charge in [-0.15, -0.1) is 0 Å². The molecule has 0 saturated carbocycles. The zero-order valence-electron chi connectivity index (χ0n) is 19.1. The molecule has 5 rings (SSSR count). The third-order valence-electron chi connectivity index (χ3n) is 6.31. The first-order chi connectivity index (χ1) is 15.8. The summed E-state index contributed by atoms with van der Waals surface area (Å²) >= 11 is 0. The van der Waals surface area contributed by atoms with Gasteiger partial charge in [-0.1, -0.05) is 24.3 Å². The summed E-state index contributed by atoms with van der Waals surface area (Å²) in [5.41, 5.74) is 8.29. The molecule has 1 aliphatic rings. The second-order valence-electron chi connectivity index (χ2n) is 8.71. The van der Waals surface area contributed by atoms with Gasteiger partial charge in [0.1, 0.15) is 0 Å². The molecular formula is C26H28N4O2S. The van der Waals surface area contributed by atoms with Gasteiger partial charge in [-0.25, -0.2) is 8.42 Å². The van der Waals surface area contributed by atoms with E-state index < -0.39 is 10.0 Å². The Morgan fingerprint density at radius 2 is 1.55 bits per heavy atom. The minimum Gasteiger partial charge on any atom is -0.354 e. The third-order valence-corrected chi connectivity index (χ3v) is 8.20. The van der Waals surface area contributed by atoms with Crippen LogP contribution in [0.2, 0.25) is 0 Å². The molecule has 33 heavy (non-hydrogen) atoms. The number of piperazine rings is 1. The Bertz CT molecular complexity index is 1430. The molecular weight excluding hydrogens is 432 g/mol. The second kappa shape index (κ2) is 8.41. The molecule has 1 aliphatic heterocycles. The van der Waals surface area contributed by atoms with Crippen LogP contribution < -0.4 is 5.32 Å². The van der Waals surface area contributed by atoms with Crippen LogP contribution in [-0.2, 0) is 10.0 Å². The van der Waals surface area contributed by atoms with E-state index >= 15 is 0 Å². The highest BCUT2D eigenvalue weighted by Crippen LogP contribution is 2.33. The highest BCUT2D eigenvalue weighted by molar-refractivity contribution is 7.89. The quantitative estimate of drug-likeness (QED) is 0.473. The Labute approximate surface area is 194 Å². The SMILES string of the molecule is Cc1cc(-c2[nH]c3cc(-c4cccc(S(=O)(=O)N5CCNCC5)c4)ccc3c2C)cc(C)n1. The molecule has 4 aromatic rings. The standard InChI is InChI=1S/C26H28N4O2S/c1-17-13-22(14-18(2)28-17)26-19(3)24-8-7-21(16-25(24)29-26)20-5-4-6-23(15-20)33(31,32)30-11-9-27-10-12-30/h4-8,13-16,27,29H,9-12H2,1-3H3. The van der Waals surface area contributed by atoms with Crippen LogP contribution in [0.4, 0.5) is 0 Å². The van der Waals surface area contributed by atoms with Crippen LogP contribution in [0.5, 0.6) is 0 Å². The fourth-order valence-corrected chi connectivity index (χ4v) is 6.14. The van der Waals surface area contributed by atoms with E-state index in [9.17, 15) is 8.42 Å². The average molecular weight is 461 g/mol. The van der Waals surface area contributed by atoms with Crippen LogP contribution in [0.1, 0.15) is 17.0 Å². The number of hydrogen-bond acceptors (Lipinski definition) is 4. The van der Waals surface area contributed by atoms with Crippen molar-refractivity contribution in [3.8, 4) is 22.4 Å². The number of fused-ring (bicyclic) bond motifs is 1. The Balaban J connectivity index is 1.54. The van der Waals surface area contributed by atoms with Gasteiger partial charge in [-0.3, -0.25) is 4.98 Å². The van der Waals surface area contributed by atoms with Gasteiger partial charge in [-0.2, -0.15) is 4.31 Å². The first-order valence-electron chi connectivity index (χ1n) is 11.2. The number of nitrogens with zero attached hydrogens (tertiary/aromatic N) is 2. The minimum absolute atomic E-state index is 0.341. The maximum Gasteiger partial charge on any atom is 0.243 e. The Kier molecular flexibility index (Phi) is 5.56. The normalized spacial score (nSPS) is 15.2. The molecule has 2 aromatic heterocycles. The fourth-order valence-electron chi connectivity index (χ4n) is 4.65. The minimum atomic E-state index is -3.50. The molecule has 2 aromatic carbocycles. The molecule has 0 radical (unpaired) electrons. The van der Waals surface area contributed by atoms with Crippen LogP contribution in [0.25, 0.3) is 33.3 Å². The lowest BCUT2D eigenvalue weighted by atomic mass is 10.0. The van der Waals surface area contributed by atoms with E-state index in [0.29, 0.717) is 31.1 Å². The number of pyridine rings is 1. The average Bonchev–Trinajstić information content (AvgIpc) is 3.15. The van der Waals surface area contributed by atoms with E-state index in [-0.39, 0.29) is 0 Å². The Morgan fingerprint density at radius 3 is 2.27 bits per heavy atom. The molecule has 2 N–H and O–H groups in total. The molecule has 0 spiro atoms. The smallest absolute Gasteiger partial charge is 0.243 e. The van der Waals surface area contributed by atoms with Crippen molar-refractivity contribution in [3.63, 3.8) is 0 Å². The summed E-state index contributed by atoms with van der Waals surface area (Å²) in [6.07, 6.45) is 0. The van der Waals surface area contributed by atoms with Gasteiger partial charge in [0.2, 0.25) is 10.0 Å². The van der Waals surface area contributed by atoms with Gasteiger partial charge in [0.05, 0.1) is 4.90 Å². The van der Waals surface area contributed by atoms with Crippen LogP contribution >= 0.6 is 0 Å². The van der Waals surface area contributed by atoms with Crippen LogP contribution in [0.15, 0.2) is 59.5 Å². The molecule has 6 nitrogen and oxygen atoms in total. The molecule has 0 atom stereocenters. The third kappa shape index (κ3) is 4.08. The van der Waals surface area contributed by atoms with Gasteiger partial charge in [0, 0.05) is 59.7 Å². The summed E-state index contributed by atoms with van der Waals surface area (Å²) in [7, 11) is -3.50. The molecule has 3 heterocycles. The topological polar surface area (TPSA) is 78.1 Å². The number of aromatic nitrogens is 2. The number of H-pyrrole nitrogens is 1. The summed E-state index contributed by atoms with van der Waals surface area (Å²) in [6, 6.07) is 17.7. The van der Waals surface area contributed by atoms with Crippen molar-refractivity contribution >= 4 is 20.9 Å². The second-order valence-corrected chi connectivity index (χ2v) is 10.6. The molecule has 0 aliphatic carbocycles. The van der Waals surface area contributed by atoms with E-state index in [0.717, 1.165) is 44.7 Å². The van der Waals surface area contributed by atoms with Crippen molar-refractivity contribution in [3.05, 3.63) is 71.5 Å². The van der Waals surface area contributed by atoms with E-state index in [1.165, 1.54) is 5.56 Å². The van der Waals surface area contributed by atoms with Crippen LogP contribution in [-0.4, -0.2) is 48.9 Å². The van der Waals surface area contributed by atoms with Gasteiger partial charge in [0.25, 0.3) is 0 Å². The van der Waals surface area contributed by atoms with Gasteiger partial charge in [-0.05, 0) is 67.8 Å². The van der Waals surface area contributed by atoms with E-state index in [4.69, 9.17) is 0 Å². The summed E-state index contributed by atoms with van der Waals surface area (Å²) in [5.74, 6) is 0. The molecule has 1 fully saturated rings. The first kappa shape index (κ1) is 21.8. The Hall–Kier alpha value is -3.00. The van der Waals surface area contributed by atoms with Gasteiger partial charge >= 0.3 is 0 Å². The molecule has 0 bridgehead atoms. The summed E-state index contributed by atoms with van der Waals surface area (Å²) in [6.45, 7) is 8.50. The fraction of sp³-hybridized carbons (Fsp3) is 0.269. The maximum atomic E-state index is 13.1. The predicted octanol–water partition coefficient (Wildman–Crippen LogP) is 4.42. The predicted molar refractivity (Wildman–Crippen MR) is 133 cm³/mol. The molecule has 0 amide bonds. The van der Waals surface area contributed by atoms with Crippen molar-refractivity contribution < 1.29 is 8.42 Å². The number of hydrogen-bond donors (Lipinski definition) is 2. The lowest BCUT2D eigenvalue weighted by Crippen LogP contribution is -2.46. The number of sulfonamides is 1. The largest absolute Gasteiger partial charge is 0.354 e. The summed E-state index contributed by atoms with van der Waals surface area (Å²) in [4.78, 5) is 8.41. The van der Waals surface area contributed by atoms with Gasteiger partial charge in [0.15, 0.2) is 0 Å². The number of rotatable bonds is 4. The number of aryl methyl sites for hydroxylation is 3. The van der Waals surface area contributed by atoms with Crippen molar-refractivity contribution in [2.45, 2.75) is 25.7 Å². The van der Waals surface area contributed by atoms with Gasteiger partial charge < -0.3 is 10.3 Å². The van der Waals surface area contributed by atoms with Crippen molar-refractivity contribution in [2.75, 3.05) is 26.2 Å². The van der Waals surface area contributed by atoms with Crippen molar-refractivity contribution in [2.24, 2.45) is 0 Å². The highest BCUT2D eigenvalue weighted by Gasteiger charge is 2.26. The Morgan fingerprint density at radius 1 is 0.848 bits per heavy atom. The van der Waals surface area contributed by atoms with E-state index in [1.807, 2.05) is 26.0 Å². The van der Waals surface area contributed by atoms with E-state index in [1.54, 1.807) is 16.4 Å². The van der Waals surface area contributed by atoms with Crippen molar-refractivity contribution in [1.29, 1.82) is 0 Å². The maximum absolute atomic E-state index is 13.1. The summed E-state index contributed by atoms with van der Waals surface area (Å²) in [5, 5.41) is 4.36. The molecule has 170 valence electrons. The molecule has 7 heteroatoms. The highest BCUT2D eigenvalue weighted by atomic mass is 32.2. The molecule has 0 unspecified atom stereocenters.